The Kier molecular flexibility index (Phi) is 4.67. The van der Waals surface area contributed by atoms with Gasteiger partial charge in [0, 0.05) is 6.54 Å². The van der Waals surface area contributed by atoms with Gasteiger partial charge in [0.05, 0.1) is 24.2 Å². The molecule has 0 aliphatic rings. The van der Waals surface area contributed by atoms with E-state index in [-0.39, 0.29) is 12.5 Å². The van der Waals surface area contributed by atoms with Gasteiger partial charge in [0.15, 0.2) is 0 Å². The van der Waals surface area contributed by atoms with E-state index >= 15 is 0 Å². The lowest BCUT2D eigenvalue weighted by Gasteiger charge is -2.10. The number of nitrogens with zero attached hydrogens (tertiary/aromatic N) is 3. The van der Waals surface area contributed by atoms with Crippen molar-refractivity contribution in [3.63, 3.8) is 0 Å². The van der Waals surface area contributed by atoms with Crippen LogP contribution in [-0.4, -0.2) is 27.5 Å². The second-order valence-electron chi connectivity index (χ2n) is 4.09. The number of aromatic nitrogens is 3. The first kappa shape index (κ1) is 14.0. The molecule has 20 heavy (non-hydrogen) atoms. The first-order valence-electron chi connectivity index (χ1n) is 6.33. The molecule has 2 rings (SSSR count). The van der Waals surface area contributed by atoms with E-state index in [0.29, 0.717) is 30.3 Å². The molecule has 7 heteroatoms. The van der Waals surface area contributed by atoms with Crippen LogP contribution >= 0.6 is 0 Å². The topological polar surface area (TPSA) is 95.1 Å². The average Bonchev–Trinajstić information content (AvgIpc) is 2.89. The summed E-state index contributed by atoms with van der Waals surface area (Å²) >= 11 is 0. The van der Waals surface area contributed by atoms with Gasteiger partial charge in [-0.05, 0) is 19.1 Å². The van der Waals surface area contributed by atoms with Crippen LogP contribution in [0.1, 0.15) is 12.6 Å². The molecule has 0 fully saturated rings. The van der Waals surface area contributed by atoms with Crippen LogP contribution in [0.4, 0.5) is 5.69 Å². The average molecular weight is 275 g/mol. The zero-order chi connectivity index (χ0) is 14.4. The largest absolute Gasteiger partial charge is 0.492 e. The molecule has 1 heterocycles. The number of nitrogens with two attached hydrogens (primary N) is 1. The van der Waals surface area contributed by atoms with Gasteiger partial charge in [-0.3, -0.25) is 4.79 Å². The van der Waals surface area contributed by atoms with Crippen molar-refractivity contribution >= 4 is 11.6 Å². The molecule has 1 aromatic heterocycles. The molecule has 0 saturated heterocycles. The number of para-hydroxylation sites is 2. The summed E-state index contributed by atoms with van der Waals surface area (Å²) < 4.78 is 6.89. The number of benzene rings is 1. The standard InChI is InChI=1S/C13H17N5O2/c1-2-20-12-6-4-3-5-11(12)15-13(19)9-18-8-10(7-14)16-17-18/h3-6,8H,2,7,9,14H2,1H3,(H,15,19). The monoisotopic (exact) mass is 275 g/mol. The number of amides is 1. The second-order valence-corrected chi connectivity index (χ2v) is 4.09. The van der Waals surface area contributed by atoms with Crippen molar-refractivity contribution in [2.75, 3.05) is 11.9 Å². The maximum atomic E-state index is 11.9. The highest BCUT2D eigenvalue weighted by Crippen LogP contribution is 2.23. The minimum Gasteiger partial charge on any atom is -0.492 e. The summed E-state index contributed by atoms with van der Waals surface area (Å²) in [6, 6.07) is 7.28. The fraction of sp³-hybridized carbons (Fsp3) is 0.308. The Morgan fingerprint density at radius 1 is 1.45 bits per heavy atom. The zero-order valence-electron chi connectivity index (χ0n) is 11.2. The van der Waals surface area contributed by atoms with Gasteiger partial charge >= 0.3 is 0 Å². The van der Waals surface area contributed by atoms with E-state index in [9.17, 15) is 4.79 Å². The fourth-order valence-corrected chi connectivity index (χ4v) is 1.70. The molecular formula is C13H17N5O2. The lowest BCUT2D eigenvalue weighted by atomic mass is 10.3. The summed E-state index contributed by atoms with van der Waals surface area (Å²) in [5.74, 6) is 0.440. The Morgan fingerprint density at radius 3 is 2.95 bits per heavy atom. The molecule has 0 saturated carbocycles. The number of hydrogen-bond acceptors (Lipinski definition) is 5. The molecule has 0 aliphatic heterocycles. The van der Waals surface area contributed by atoms with Crippen molar-refractivity contribution in [1.29, 1.82) is 0 Å². The molecule has 0 spiro atoms. The molecule has 0 aliphatic carbocycles. The molecule has 0 radical (unpaired) electrons. The summed E-state index contributed by atoms with van der Waals surface area (Å²) in [7, 11) is 0. The molecular weight excluding hydrogens is 258 g/mol. The minimum atomic E-state index is -0.203. The van der Waals surface area contributed by atoms with Crippen molar-refractivity contribution in [1.82, 2.24) is 15.0 Å². The van der Waals surface area contributed by atoms with E-state index in [1.807, 2.05) is 19.1 Å². The van der Waals surface area contributed by atoms with Gasteiger partial charge in [0.2, 0.25) is 5.91 Å². The van der Waals surface area contributed by atoms with Crippen molar-refractivity contribution < 1.29 is 9.53 Å². The molecule has 2 aromatic rings. The summed E-state index contributed by atoms with van der Waals surface area (Å²) in [4.78, 5) is 11.9. The Bertz CT molecular complexity index is 582. The Hall–Kier alpha value is -2.41. The molecule has 0 atom stereocenters. The highest BCUT2D eigenvalue weighted by Gasteiger charge is 2.09. The van der Waals surface area contributed by atoms with Gasteiger partial charge in [-0.1, -0.05) is 17.3 Å². The maximum Gasteiger partial charge on any atom is 0.246 e. The van der Waals surface area contributed by atoms with Gasteiger partial charge < -0.3 is 15.8 Å². The second kappa shape index (κ2) is 6.67. The Balaban J connectivity index is 2.00. The van der Waals surface area contributed by atoms with Crippen LogP contribution < -0.4 is 15.8 Å². The molecule has 1 aromatic carbocycles. The summed E-state index contributed by atoms with van der Waals surface area (Å²) in [6.45, 7) is 2.81. The van der Waals surface area contributed by atoms with E-state index in [1.165, 1.54) is 4.68 Å². The van der Waals surface area contributed by atoms with E-state index in [2.05, 4.69) is 15.6 Å². The lowest BCUT2D eigenvalue weighted by Crippen LogP contribution is -2.19. The number of hydrogen-bond donors (Lipinski definition) is 2. The predicted octanol–water partition coefficient (Wildman–Crippen LogP) is 0.774. The van der Waals surface area contributed by atoms with Gasteiger partial charge in [-0.15, -0.1) is 5.10 Å². The predicted molar refractivity (Wildman–Crippen MR) is 74.2 cm³/mol. The molecule has 106 valence electrons. The first-order valence-corrected chi connectivity index (χ1v) is 6.33. The molecule has 7 nitrogen and oxygen atoms in total. The van der Waals surface area contributed by atoms with E-state index < -0.39 is 0 Å². The third-order valence-electron chi connectivity index (χ3n) is 2.56. The Labute approximate surface area is 116 Å². The van der Waals surface area contributed by atoms with Crippen LogP contribution in [-0.2, 0) is 17.9 Å². The van der Waals surface area contributed by atoms with Crippen LogP contribution in [0.25, 0.3) is 0 Å². The number of rotatable bonds is 6. The quantitative estimate of drug-likeness (QED) is 0.812. The number of ether oxygens (including phenoxy) is 1. The third-order valence-corrected chi connectivity index (χ3v) is 2.56. The minimum absolute atomic E-state index is 0.0768. The van der Waals surface area contributed by atoms with Crippen LogP contribution in [0, 0.1) is 0 Å². The van der Waals surface area contributed by atoms with Crippen LogP contribution in [0.2, 0.25) is 0 Å². The van der Waals surface area contributed by atoms with Crippen molar-refractivity contribution in [2.45, 2.75) is 20.0 Å². The van der Waals surface area contributed by atoms with Crippen molar-refractivity contribution in [2.24, 2.45) is 5.73 Å². The van der Waals surface area contributed by atoms with Crippen molar-refractivity contribution in [3.05, 3.63) is 36.2 Å². The number of carbonyl (C=O) groups excluding carboxylic acids is 1. The first-order chi connectivity index (χ1) is 9.72. The summed E-state index contributed by atoms with van der Waals surface area (Å²) in [5, 5.41) is 10.4. The number of nitrogens with one attached hydrogen (secondary N) is 1. The smallest absolute Gasteiger partial charge is 0.246 e. The molecule has 0 bridgehead atoms. The lowest BCUT2D eigenvalue weighted by molar-refractivity contribution is -0.116. The van der Waals surface area contributed by atoms with Gasteiger partial charge in [-0.25, -0.2) is 4.68 Å². The van der Waals surface area contributed by atoms with Crippen LogP contribution in [0.3, 0.4) is 0 Å². The van der Waals surface area contributed by atoms with E-state index in [4.69, 9.17) is 10.5 Å². The molecule has 0 unspecified atom stereocenters. The van der Waals surface area contributed by atoms with E-state index in [0.717, 1.165) is 0 Å². The van der Waals surface area contributed by atoms with Gasteiger partial charge in [-0.2, -0.15) is 0 Å². The Morgan fingerprint density at radius 2 is 2.25 bits per heavy atom. The van der Waals surface area contributed by atoms with Crippen LogP contribution in [0.15, 0.2) is 30.5 Å². The zero-order valence-corrected chi connectivity index (χ0v) is 11.2. The highest BCUT2D eigenvalue weighted by molar-refractivity contribution is 5.92. The van der Waals surface area contributed by atoms with Crippen molar-refractivity contribution in [3.8, 4) is 5.75 Å². The normalized spacial score (nSPS) is 10.3. The molecule has 1 amide bonds. The van der Waals surface area contributed by atoms with E-state index in [1.54, 1.807) is 18.3 Å². The summed E-state index contributed by atoms with van der Waals surface area (Å²) in [6.07, 6.45) is 1.65. The fourth-order valence-electron chi connectivity index (χ4n) is 1.70. The third kappa shape index (κ3) is 3.55. The van der Waals surface area contributed by atoms with Gasteiger partial charge in [0.1, 0.15) is 12.3 Å². The molecule has 3 N–H and O–H groups in total. The highest BCUT2D eigenvalue weighted by atomic mass is 16.5. The van der Waals surface area contributed by atoms with Crippen LogP contribution in [0.5, 0.6) is 5.75 Å². The summed E-state index contributed by atoms with van der Waals surface area (Å²) in [5.41, 5.74) is 6.72. The number of anilines is 1. The number of carbonyl (C=O) groups is 1. The van der Waals surface area contributed by atoms with Gasteiger partial charge in [0.25, 0.3) is 0 Å². The SMILES string of the molecule is CCOc1ccccc1NC(=O)Cn1cc(CN)nn1. The maximum absolute atomic E-state index is 11.9.